The topological polar surface area (TPSA) is 50.4 Å². The molecule has 0 aliphatic carbocycles. The summed E-state index contributed by atoms with van der Waals surface area (Å²) >= 11 is 0. The Balaban J connectivity index is 1.52. The van der Waals surface area contributed by atoms with E-state index in [1.165, 1.54) is 11.1 Å². The van der Waals surface area contributed by atoms with E-state index in [-0.39, 0.29) is 18.1 Å². The number of hydrogen-bond acceptors (Lipinski definition) is 3. The first-order chi connectivity index (χ1) is 9.83. The van der Waals surface area contributed by atoms with Crippen LogP contribution in [0.3, 0.4) is 0 Å². The molecule has 1 aromatic carbocycles. The zero-order valence-electron chi connectivity index (χ0n) is 11.7. The number of amides is 1. The van der Waals surface area contributed by atoms with Crippen LogP contribution in [0, 0.1) is 0 Å². The minimum atomic E-state index is 0.0988. The van der Waals surface area contributed by atoms with E-state index in [1.54, 1.807) is 0 Å². The third-order valence-corrected chi connectivity index (χ3v) is 4.16. The number of carbonyl (C=O) groups excluding carboxylic acids is 1. The molecule has 2 aliphatic rings. The highest BCUT2D eigenvalue weighted by molar-refractivity contribution is 5.76. The normalized spacial score (nSPS) is 25.2. The van der Waals surface area contributed by atoms with E-state index in [2.05, 4.69) is 34.9 Å². The minimum Gasteiger partial charge on any atom is -0.378 e. The quantitative estimate of drug-likeness (QED) is 0.876. The molecule has 0 bridgehead atoms. The number of rotatable bonds is 4. The fourth-order valence-electron chi connectivity index (χ4n) is 3.08. The monoisotopic (exact) mass is 274 g/mol. The summed E-state index contributed by atoms with van der Waals surface area (Å²) in [5, 5.41) is 6.52. The Kier molecular flexibility index (Phi) is 4.33. The van der Waals surface area contributed by atoms with Crippen LogP contribution in [0.25, 0.3) is 0 Å². The molecule has 0 radical (unpaired) electrons. The van der Waals surface area contributed by atoms with Gasteiger partial charge in [-0.2, -0.15) is 0 Å². The molecule has 1 amide bonds. The molecule has 1 saturated heterocycles. The molecule has 1 aromatic rings. The van der Waals surface area contributed by atoms with Crippen molar-refractivity contribution >= 4 is 5.91 Å². The molecule has 20 heavy (non-hydrogen) atoms. The van der Waals surface area contributed by atoms with Gasteiger partial charge in [-0.05, 0) is 36.9 Å². The van der Waals surface area contributed by atoms with E-state index in [1.807, 2.05) is 0 Å². The fourth-order valence-corrected chi connectivity index (χ4v) is 3.08. The summed E-state index contributed by atoms with van der Waals surface area (Å²) in [6.07, 6.45) is 3.78. The Morgan fingerprint density at radius 1 is 1.40 bits per heavy atom. The van der Waals surface area contributed by atoms with E-state index in [0.717, 1.165) is 32.4 Å². The van der Waals surface area contributed by atoms with Crippen LogP contribution >= 0.6 is 0 Å². The largest absolute Gasteiger partial charge is 0.378 e. The van der Waals surface area contributed by atoms with Crippen LogP contribution in [-0.4, -0.2) is 31.7 Å². The molecule has 4 heteroatoms. The average molecular weight is 274 g/mol. The number of carbonyl (C=O) groups is 1. The maximum absolute atomic E-state index is 11.9. The molecule has 2 atom stereocenters. The van der Waals surface area contributed by atoms with Crippen LogP contribution in [0.5, 0.6) is 0 Å². The highest BCUT2D eigenvalue weighted by Gasteiger charge is 2.22. The van der Waals surface area contributed by atoms with Gasteiger partial charge in [0.15, 0.2) is 0 Å². The highest BCUT2D eigenvalue weighted by atomic mass is 16.5. The van der Waals surface area contributed by atoms with Crippen molar-refractivity contribution in [1.29, 1.82) is 0 Å². The lowest BCUT2D eigenvalue weighted by atomic mass is 9.94. The van der Waals surface area contributed by atoms with Crippen molar-refractivity contribution in [2.45, 2.75) is 37.8 Å². The van der Waals surface area contributed by atoms with Gasteiger partial charge in [-0.15, -0.1) is 0 Å². The van der Waals surface area contributed by atoms with Crippen molar-refractivity contribution in [2.24, 2.45) is 0 Å². The molecule has 2 N–H and O–H groups in total. The molecular weight excluding hydrogens is 252 g/mol. The van der Waals surface area contributed by atoms with Crippen molar-refractivity contribution in [1.82, 2.24) is 10.6 Å². The first-order valence-electron chi connectivity index (χ1n) is 7.52. The third-order valence-electron chi connectivity index (χ3n) is 4.16. The third kappa shape index (κ3) is 3.19. The van der Waals surface area contributed by atoms with Gasteiger partial charge in [-0.25, -0.2) is 0 Å². The predicted octanol–water partition coefficient (Wildman–Crippen LogP) is 1.56. The average Bonchev–Trinajstić information content (AvgIpc) is 2.98. The molecule has 2 unspecified atom stereocenters. The smallest absolute Gasteiger partial charge is 0.222 e. The fraction of sp³-hybridized carbons (Fsp3) is 0.562. The molecule has 0 aromatic heterocycles. The lowest BCUT2D eigenvalue weighted by molar-refractivity contribution is -0.123. The first-order valence-corrected chi connectivity index (χ1v) is 7.52. The van der Waals surface area contributed by atoms with E-state index < -0.39 is 0 Å². The molecule has 0 saturated carbocycles. The Morgan fingerprint density at radius 2 is 2.30 bits per heavy atom. The SMILES string of the molecule is O=C(CC1CCCO1)NCC1NCCc2ccccc21. The molecule has 2 heterocycles. The van der Waals surface area contributed by atoms with E-state index in [9.17, 15) is 4.79 Å². The number of benzene rings is 1. The van der Waals surface area contributed by atoms with Crippen LogP contribution in [0.2, 0.25) is 0 Å². The van der Waals surface area contributed by atoms with Gasteiger partial charge >= 0.3 is 0 Å². The second kappa shape index (κ2) is 6.37. The number of nitrogens with one attached hydrogen (secondary N) is 2. The van der Waals surface area contributed by atoms with Crippen molar-refractivity contribution in [3.63, 3.8) is 0 Å². The second-order valence-corrected chi connectivity index (χ2v) is 5.60. The van der Waals surface area contributed by atoms with E-state index in [0.29, 0.717) is 13.0 Å². The van der Waals surface area contributed by atoms with Gasteiger partial charge in [0.25, 0.3) is 0 Å². The summed E-state index contributed by atoms with van der Waals surface area (Å²) in [6, 6.07) is 8.70. The van der Waals surface area contributed by atoms with Gasteiger partial charge in [0, 0.05) is 19.2 Å². The second-order valence-electron chi connectivity index (χ2n) is 5.60. The van der Waals surface area contributed by atoms with Gasteiger partial charge in [0.1, 0.15) is 0 Å². The Hall–Kier alpha value is -1.39. The van der Waals surface area contributed by atoms with Crippen LogP contribution in [0.4, 0.5) is 0 Å². The zero-order valence-corrected chi connectivity index (χ0v) is 11.7. The molecule has 3 rings (SSSR count). The number of fused-ring (bicyclic) bond motifs is 1. The molecular formula is C16H22N2O2. The Labute approximate surface area is 119 Å². The summed E-state index contributed by atoms with van der Waals surface area (Å²) in [4.78, 5) is 11.9. The summed E-state index contributed by atoms with van der Waals surface area (Å²) in [5.74, 6) is 0.0988. The van der Waals surface area contributed by atoms with Crippen molar-refractivity contribution in [3.05, 3.63) is 35.4 Å². The predicted molar refractivity (Wildman–Crippen MR) is 77.5 cm³/mol. The maximum Gasteiger partial charge on any atom is 0.222 e. The van der Waals surface area contributed by atoms with Crippen molar-refractivity contribution in [2.75, 3.05) is 19.7 Å². The van der Waals surface area contributed by atoms with Crippen LogP contribution in [-0.2, 0) is 16.0 Å². The van der Waals surface area contributed by atoms with Gasteiger partial charge in [-0.1, -0.05) is 24.3 Å². The Morgan fingerprint density at radius 3 is 3.15 bits per heavy atom. The maximum atomic E-state index is 11.9. The van der Waals surface area contributed by atoms with Gasteiger partial charge < -0.3 is 15.4 Å². The number of hydrogen-bond donors (Lipinski definition) is 2. The highest BCUT2D eigenvalue weighted by Crippen LogP contribution is 2.22. The van der Waals surface area contributed by atoms with Crippen LogP contribution < -0.4 is 10.6 Å². The zero-order chi connectivity index (χ0) is 13.8. The standard InChI is InChI=1S/C16H22N2O2/c19-16(10-13-5-3-9-20-13)18-11-15-14-6-2-1-4-12(14)7-8-17-15/h1-2,4,6,13,15,17H,3,5,7-11H2,(H,18,19). The first kappa shape index (κ1) is 13.6. The van der Waals surface area contributed by atoms with Crippen molar-refractivity contribution < 1.29 is 9.53 Å². The minimum absolute atomic E-state index is 0.0988. The van der Waals surface area contributed by atoms with E-state index >= 15 is 0 Å². The van der Waals surface area contributed by atoms with Gasteiger partial charge in [0.05, 0.1) is 12.5 Å². The summed E-state index contributed by atoms with van der Waals surface area (Å²) in [7, 11) is 0. The van der Waals surface area contributed by atoms with E-state index in [4.69, 9.17) is 4.74 Å². The lowest BCUT2D eigenvalue weighted by Crippen LogP contribution is -2.39. The van der Waals surface area contributed by atoms with Gasteiger partial charge in [-0.3, -0.25) is 4.79 Å². The number of ether oxygens (including phenoxy) is 1. The van der Waals surface area contributed by atoms with Crippen molar-refractivity contribution in [3.8, 4) is 0 Å². The molecule has 108 valence electrons. The summed E-state index contributed by atoms with van der Waals surface area (Å²) in [6.45, 7) is 2.43. The molecule has 0 spiro atoms. The molecule has 2 aliphatic heterocycles. The van der Waals surface area contributed by atoms with Crippen LogP contribution in [0.1, 0.15) is 36.4 Å². The summed E-state index contributed by atoms with van der Waals surface area (Å²) < 4.78 is 5.50. The summed E-state index contributed by atoms with van der Waals surface area (Å²) in [5.41, 5.74) is 2.71. The van der Waals surface area contributed by atoms with Crippen LogP contribution in [0.15, 0.2) is 24.3 Å². The van der Waals surface area contributed by atoms with Gasteiger partial charge in [0.2, 0.25) is 5.91 Å². The molecule has 1 fully saturated rings. The molecule has 4 nitrogen and oxygen atoms in total. The lowest BCUT2D eigenvalue weighted by Gasteiger charge is -2.27. The Bertz CT molecular complexity index is 469.